The van der Waals surface area contributed by atoms with Crippen LogP contribution in [0.4, 0.5) is 0 Å². The Morgan fingerprint density at radius 1 is 1.62 bits per heavy atom. The first kappa shape index (κ1) is 12.9. The van der Waals surface area contributed by atoms with Gasteiger partial charge >= 0.3 is 10.1 Å². The average Bonchev–Trinajstić information content (AvgIpc) is 2.12. The van der Waals surface area contributed by atoms with E-state index in [9.17, 15) is 13.2 Å². The van der Waals surface area contributed by atoms with Crippen molar-refractivity contribution >= 4 is 27.9 Å². The summed E-state index contributed by atoms with van der Waals surface area (Å²) >= 11 is 3.71. The molecule has 0 amide bonds. The highest BCUT2D eigenvalue weighted by Gasteiger charge is 2.28. The van der Waals surface area contributed by atoms with Crippen LogP contribution in [-0.2, 0) is 19.1 Å². The van der Waals surface area contributed by atoms with E-state index in [1.54, 1.807) is 6.92 Å². The highest BCUT2D eigenvalue weighted by atomic mass is 32.2. The first-order valence-corrected chi connectivity index (χ1v) is 5.79. The van der Waals surface area contributed by atoms with E-state index in [0.29, 0.717) is 6.42 Å². The van der Waals surface area contributed by atoms with Crippen molar-refractivity contribution in [1.29, 1.82) is 0 Å². The molecule has 0 fully saturated rings. The molecule has 0 bridgehead atoms. The molecule has 7 heteroatoms. The Morgan fingerprint density at radius 3 is 2.54 bits per heavy atom. The van der Waals surface area contributed by atoms with Gasteiger partial charge in [-0.1, -0.05) is 6.92 Å². The smallest absolute Gasteiger partial charge is 0.320 e. The second-order valence-electron chi connectivity index (χ2n) is 2.38. The van der Waals surface area contributed by atoms with Gasteiger partial charge in [0.05, 0.1) is 12.6 Å². The first-order chi connectivity index (χ1) is 5.95. The summed E-state index contributed by atoms with van der Waals surface area (Å²) in [5, 5.41) is -1.11. The van der Waals surface area contributed by atoms with E-state index in [4.69, 9.17) is 5.73 Å². The fourth-order valence-corrected chi connectivity index (χ4v) is 1.76. The molecule has 0 spiro atoms. The third-order valence-corrected chi connectivity index (χ3v) is 2.85. The number of carbonyl (C=O) groups is 1. The van der Waals surface area contributed by atoms with E-state index in [2.05, 4.69) is 16.8 Å². The molecule has 5 nitrogen and oxygen atoms in total. The predicted molar refractivity (Wildman–Crippen MR) is 52.0 cm³/mol. The monoisotopic (exact) mass is 227 g/mol. The number of thiol groups is 1. The predicted octanol–water partition coefficient (Wildman–Crippen LogP) is -0.473. The number of carbonyl (C=O) groups excluding carboxylic acids is 1. The van der Waals surface area contributed by atoms with E-state index in [-0.39, 0.29) is 12.4 Å². The van der Waals surface area contributed by atoms with Crippen LogP contribution < -0.4 is 5.73 Å². The van der Waals surface area contributed by atoms with Crippen molar-refractivity contribution < 1.29 is 17.4 Å². The molecule has 0 aliphatic rings. The lowest BCUT2D eigenvalue weighted by atomic mass is 10.4. The van der Waals surface area contributed by atoms with Gasteiger partial charge in [-0.25, -0.2) is 0 Å². The van der Waals surface area contributed by atoms with Gasteiger partial charge < -0.3 is 5.73 Å². The lowest BCUT2D eigenvalue weighted by Crippen LogP contribution is -2.38. The molecule has 0 aliphatic heterocycles. The minimum absolute atomic E-state index is 0.00658. The molecule has 13 heavy (non-hydrogen) atoms. The van der Waals surface area contributed by atoms with Gasteiger partial charge in [0.2, 0.25) is 0 Å². The van der Waals surface area contributed by atoms with Gasteiger partial charge in [-0.05, 0) is 6.42 Å². The molecule has 0 radical (unpaired) electrons. The molecule has 0 rings (SSSR count). The van der Waals surface area contributed by atoms with Gasteiger partial charge in [0.15, 0.2) is 0 Å². The van der Waals surface area contributed by atoms with Gasteiger partial charge in [0.25, 0.3) is 5.12 Å². The standard InChI is InChI=1S/C6H13NO4S2/c1-2-3-11-13(9,10)6(8)5(7)4-12/h5,12H,2-4,7H2,1H3/t5-/m0/s1. The Kier molecular flexibility index (Phi) is 5.54. The van der Waals surface area contributed by atoms with Crippen molar-refractivity contribution in [1.82, 2.24) is 0 Å². The first-order valence-electron chi connectivity index (χ1n) is 3.75. The van der Waals surface area contributed by atoms with E-state index < -0.39 is 21.3 Å². The highest BCUT2D eigenvalue weighted by molar-refractivity contribution is 8.02. The summed E-state index contributed by atoms with van der Waals surface area (Å²) in [5.41, 5.74) is 5.19. The van der Waals surface area contributed by atoms with Crippen LogP contribution in [0.5, 0.6) is 0 Å². The third-order valence-electron chi connectivity index (χ3n) is 1.19. The minimum Gasteiger partial charge on any atom is -0.320 e. The SMILES string of the molecule is CCCOS(=O)(=O)C(=O)[C@@H](N)CS. The molecule has 1 atom stereocenters. The summed E-state index contributed by atoms with van der Waals surface area (Å²) in [6.45, 7) is 1.73. The topological polar surface area (TPSA) is 86.5 Å². The Balaban J connectivity index is 4.37. The maximum Gasteiger partial charge on any atom is 0.332 e. The Labute approximate surface area is 83.2 Å². The number of hydrogen-bond acceptors (Lipinski definition) is 6. The van der Waals surface area contributed by atoms with Gasteiger partial charge in [-0.15, -0.1) is 0 Å². The summed E-state index contributed by atoms with van der Waals surface area (Å²) in [6.07, 6.45) is 0.516. The van der Waals surface area contributed by atoms with Gasteiger partial charge in [0, 0.05) is 5.75 Å². The van der Waals surface area contributed by atoms with E-state index in [1.165, 1.54) is 0 Å². The molecule has 2 N–H and O–H groups in total. The summed E-state index contributed by atoms with van der Waals surface area (Å²) in [7, 11) is -4.15. The highest BCUT2D eigenvalue weighted by Crippen LogP contribution is 2.00. The van der Waals surface area contributed by atoms with E-state index in [0.717, 1.165) is 0 Å². The van der Waals surface area contributed by atoms with Gasteiger partial charge in [-0.3, -0.25) is 8.98 Å². The van der Waals surface area contributed by atoms with E-state index in [1.807, 2.05) is 0 Å². The molecule has 0 saturated heterocycles. The molecule has 78 valence electrons. The van der Waals surface area contributed by atoms with Crippen LogP contribution in [-0.4, -0.2) is 31.9 Å². The van der Waals surface area contributed by atoms with Crippen LogP contribution in [0.2, 0.25) is 0 Å². The van der Waals surface area contributed by atoms with Crippen molar-refractivity contribution in [3.63, 3.8) is 0 Å². The van der Waals surface area contributed by atoms with Crippen molar-refractivity contribution in [3.05, 3.63) is 0 Å². The fourth-order valence-electron chi connectivity index (χ4n) is 0.511. The largest absolute Gasteiger partial charge is 0.332 e. The quantitative estimate of drug-likeness (QED) is 0.489. The van der Waals surface area contributed by atoms with Crippen molar-refractivity contribution in [2.75, 3.05) is 12.4 Å². The number of rotatable bonds is 5. The Bertz CT molecular complexity index is 262. The molecular weight excluding hydrogens is 214 g/mol. The zero-order valence-electron chi connectivity index (χ0n) is 7.26. The van der Waals surface area contributed by atoms with Crippen LogP contribution in [0.3, 0.4) is 0 Å². The molecule has 0 saturated carbocycles. The lowest BCUT2D eigenvalue weighted by molar-refractivity contribution is -0.113. The molecule has 0 aliphatic carbocycles. The lowest BCUT2D eigenvalue weighted by Gasteiger charge is -2.07. The molecule has 0 unspecified atom stereocenters. The summed E-state index contributed by atoms with van der Waals surface area (Å²) in [6, 6.07) is -1.12. The minimum atomic E-state index is -4.15. The summed E-state index contributed by atoms with van der Waals surface area (Å²) in [5.74, 6) is -0.0203. The van der Waals surface area contributed by atoms with Crippen molar-refractivity contribution in [2.45, 2.75) is 19.4 Å². The van der Waals surface area contributed by atoms with Gasteiger partial charge in [0.1, 0.15) is 0 Å². The van der Waals surface area contributed by atoms with Crippen LogP contribution in [0.15, 0.2) is 0 Å². The molecule has 0 aromatic rings. The maximum atomic E-state index is 11.0. The van der Waals surface area contributed by atoms with Crippen molar-refractivity contribution in [3.8, 4) is 0 Å². The zero-order chi connectivity index (χ0) is 10.5. The maximum absolute atomic E-state index is 11.0. The zero-order valence-corrected chi connectivity index (χ0v) is 8.98. The molecular formula is C6H13NO4S2. The van der Waals surface area contributed by atoms with Crippen molar-refractivity contribution in [2.24, 2.45) is 5.73 Å². The van der Waals surface area contributed by atoms with Crippen LogP contribution >= 0.6 is 12.6 Å². The second-order valence-corrected chi connectivity index (χ2v) is 4.30. The average molecular weight is 227 g/mol. The molecule has 0 aromatic carbocycles. The summed E-state index contributed by atoms with van der Waals surface area (Å²) < 4.78 is 26.4. The van der Waals surface area contributed by atoms with E-state index >= 15 is 0 Å². The Hall–Kier alpha value is -0.110. The number of hydrogen-bond donors (Lipinski definition) is 2. The fraction of sp³-hybridized carbons (Fsp3) is 0.833. The number of nitrogens with two attached hydrogens (primary N) is 1. The van der Waals surface area contributed by atoms with Crippen LogP contribution in [0, 0.1) is 0 Å². The Morgan fingerprint density at radius 2 is 2.15 bits per heavy atom. The normalized spacial score (nSPS) is 14.1. The third kappa shape index (κ3) is 4.08. The molecule has 0 aromatic heterocycles. The second kappa shape index (κ2) is 5.58. The van der Waals surface area contributed by atoms with Crippen LogP contribution in [0.25, 0.3) is 0 Å². The molecule has 0 heterocycles. The van der Waals surface area contributed by atoms with Gasteiger partial charge in [-0.2, -0.15) is 21.0 Å². The van der Waals surface area contributed by atoms with Crippen LogP contribution in [0.1, 0.15) is 13.3 Å². The summed E-state index contributed by atoms with van der Waals surface area (Å²) in [4.78, 5) is 11.0.